The van der Waals surface area contributed by atoms with Crippen molar-refractivity contribution < 1.29 is 4.74 Å². The molecule has 1 aromatic carbocycles. The standard InChI is InChI=1S/C19H28N4OS/c1-6-20-19(22-12-18-23-15(4)16(5)25-18)21-11-14(3)24-17-9-7-13(2)8-10-17/h7-10,14H,6,11-12H2,1-5H3,(H2,20,21,22). The summed E-state index contributed by atoms with van der Waals surface area (Å²) < 4.78 is 5.92. The molecule has 2 rings (SSSR count). The zero-order valence-corrected chi connectivity index (χ0v) is 16.5. The van der Waals surface area contributed by atoms with Crippen LogP contribution in [0.5, 0.6) is 5.75 Å². The van der Waals surface area contributed by atoms with Crippen LogP contribution in [0.4, 0.5) is 0 Å². The van der Waals surface area contributed by atoms with E-state index in [9.17, 15) is 0 Å². The number of thiazole rings is 1. The van der Waals surface area contributed by atoms with Crippen molar-refractivity contribution in [2.45, 2.75) is 47.3 Å². The molecule has 0 saturated heterocycles. The molecule has 1 atom stereocenters. The lowest BCUT2D eigenvalue weighted by molar-refractivity contribution is 0.224. The average Bonchev–Trinajstić information content (AvgIpc) is 2.90. The van der Waals surface area contributed by atoms with Crippen molar-refractivity contribution in [3.8, 4) is 5.75 Å². The fourth-order valence-electron chi connectivity index (χ4n) is 2.23. The molecule has 0 radical (unpaired) electrons. The Balaban J connectivity index is 1.87. The highest BCUT2D eigenvalue weighted by Crippen LogP contribution is 2.17. The van der Waals surface area contributed by atoms with Crippen molar-refractivity contribution in [1.82, 2.24) is 15.6 Å². The Morgan fingerprint density at radius 1 is 1.20 bits per heavy atom. The first kappa shape index (κ1) is 19.2. The molecule has 2 aromatic rings. The summed E-state index contributed by atoms with van der Waals surface area (Å²) >= 11 is 1.70. The van der Waals surface area contributed by atoms with Crippen LogP contribution in [-0.4, -0.2) is 30.1 Å². The zero-order valence-electron chi connectivity index (χ0n) is 15.7. The molecule has 0 aliphatic rings. The first-order valence-electron chi connectivity index (χ1n) is 8.66. The number of rotatable bonds is 7. The molecule has 1 aromatic heterocycles. The van der Waals surface area contributed by atoms with Crippen LogP contribution < -0.4 is 15.4 Å². The van der Waals surface area contributed by atoms with Gasteiger partial charge in [0, 0.05) is 11.4 Å². The third-order valence-corrected chi connectivity index (χ3v) is 4.76. The van der Waals surface area contributed by atoms with E-state index < -0.39 is 0 Å². The molecule has 0 amide bonds. The number of nitrogens with one attached hydrogen (secondary N) is 2. The summed E-state index contributed by atoms with van der Waals surface area (Å²) in [6.45, 7) is 12.4. The highest BCUT2D eigenvalue weighted by Gasteiger charge is 2.07. The van der Waals surface area contributed by atoms with E-state index in [4.69, 9.17) is 4.74 Å². The summed E-state index contributed by atoms with van der Waals surface area (Å²) in [4.78, 5) is 10.4. The fourth-order valence-corrected chi connectivity index (χ4v) is 3.08. The van der Waals surface area contributed by atoms with Gasteiger partial charge in [-0.3, -0.25) is 0 Å². The van der Waals surface area contributed by atoms with E-state index in [-0.39, 0.29) is 6.10 Å². The number of guanidine groups is 1. The Morgan fingerprint density at radius 2 is 1.92 bits per heavy atom. The lowest BCUT2D eigenvalue weighted by Gasteiger charge is -2.17. The molecule has 25 heavy (non-hydrogen) atoms. The van der Waals surface area contributed by atoms with Crippen LogP contribution in [0.1, 0.15) is 35.0 Å². The maximum absolute atomic E-state index is 5.92. The van der Waals surface area contributed by atoms with Crippen LogP contribution in [0, 0.1) is 20.8 Å². The van der Waals surface area contributed by atoms with Crippen LogP contribution in [0.15, 0.2) is 29.3 Å². The van der Waals surface area contributed by atoms with Crippen LogP contribution in [0.3, 0.4) is 0 Å². The largest absolute Gasteiger partial charge is 0.489 e. The van der Waals surface area contributed by atoms with Gasteiger partial charge in [0.05, 0.1) is 18.8 Å². The second-order valence-electron chi connectivity index (χ2n) is 6.07. The van der Waals surface area contributed by atoms with Crippen molar-refractivity contribution in [3.63, 3.8) is 0 Å². The van der Waals surface area contributed by atoms with Crippen molar-refractivity contribution in [1.29, 1.82) is 0 Å². The highest BCUT2D eigenvalue weighted by atomic mass is 32.1. The molecule has 6 heteroatoms. The van der Waals surface area contributed by atoms with E-state index in [1.54, 1.807) is 11.3 Å². The predicted molar refractivity (Wildman–Crippen MR) is 106 cm³/mol. The SMILES string of the molecule is CCNC(=NCc1nc(C)c(C)s1)NCC(C)Oc1ccc(C)cc1. The molecule has 0 bridgehead atoms. The molecular weight excluding hydrogens is 332 g/mol. The Morgan fingerprint density at radius 3 is 2.52 bits per heavy atom. The van der Waals surface area contributed by atoms with Gasteiger partial charge in [-0.1, -0.05) is 17.7 Å². The van der Waals surface area contributed by atoms with E-state index >= 15 is 0 Å². The minimum Gasteiger partial charge on any atom is -0.489 e. The maximum Gasteiger partial charge on any atom is 0.191 e. The maximum atomic E-state index is 5.92. The summed E-state index contributed by atoms with van der Waals surface area (Å²) in [5.41, 5.74) is 2.32. The number of benzene rings is 1. The molecule has 136 valence electrons. The molecule has 1 heterocycles. The molecule has 1 unspecified atom stereocenters. The molecule has 0 aliphatic heterocycles. The van der Waals surface area contributed by atoms with Crippen LogP contribution in [-0.2, 0) is 6.54 Å². The first-order chi connectivity index (χ1) is 12.0. The van der Waals surface area contributed by atoms with Gasteiger partial charge in [-0.05, 0) is 46.8 Å². The number of aliphatic imine (C=N–C) groups is 1. The third-order valence-electron chi connectivity index (χ3n) is 3.70. The normalized spacial score (nSPS) is 12.8. The monoisotopic (exact) mass is 360 g/mol. The second-order valence-corrected chi connectivity index (χ2v) is 7.35. The number of hydrogen-bond donors (Lipinski definition) is 2. The van der Waals surface area contributed by atoms with Gasteiger partial charge < -0.3 is 15.4 Å². The molecule has 5 nitrogen and oxygen atoms in total. The van der Waals surface area contributed by atoms with E-state index in [1.807, 2.05) is 26.0 Å². The molecule has 0 spiro atoms. The number of hydrogen-bond acceptors (Lipinski definition) is 4. The van der Waals surface area contributed by atoms with Crippen LogP contribution in [0.25, 0.3) is 0 Å². The number of aromatic nitrogens is 1. The van der Waals surface area contributed by atoms with Gasteiger partial charge >= 0.3 is 0 Å². The minimum absolute atomic E-state index is 0.0379. The second kappa shape index (κ2) is 9.42. The minimum atomic E-state index is 0.0379. The molecule has 2 N–H and O–H groups in total. The summed E-state index contributed by atoms with van der Waals surface area (Å²) in [5.74, 6) is 1.67. The number of ether oxygens (including phenoxy) is 1. The van der Waals surface area contributed by atoms with Crippen molar-refractivity contribution in [3.05, 3.63) is 45.4 Å². The Kier molecular flexibility index (Phi) is 7.25. The third kappa shape index (κ3) is 6.38. The summed E-state index contributed by atoms with van der Waals surface area (Å²) in [6.07, 6.45) is 0.0379. The molecular formula is C19H28N4OS. The number of nitrogens with zero attached hydrogens (tertiary/aromatic N) is 2. The van der Waals surface area contributed by atoms with E-state index in [0.29, 0.717) is 13.1 Å². The van der Waals surface area contributed by atoms with Crippen molar-refractivity contribution in [2.75, 3.05) is 13.1 Å². The highest BCUT2D eigenvalue weighted by molar-refractivity contribution is 7.11. The fraction of sp³-hybridized carbons (Fsp3) is 0.474. The predicted octanol–water partition coefficient (Wildman–Crippen LogP) is 3.59. The van der Waals surface area contributed by atoms with Gasteiger partial charge in [0.2, 0.25) is 0 Å². The Bertz CT molecular complexity index is 674. The number of aryl methyl sites for hydroxylation is 3. The first-order valence-corrected chi connectivity index (χ1v) is 9.48. The van der Waals surface area contributed by atoms with E-state index in [2.05, 4.69) is 53.5 Å². The van der Waals surface area contributed by atoms with Gasteiger partial charge in [-0.2, -0.15) is 0 Å². The van der Waals surface area contributed by atoms with Gasteiger partial charge in [-0.15, -0.1) is 11.3 Å². The van der Waals surface area contributed by atoms with Gasteiger partial charge in [0.1, 0.15) is 16.9 Å². The van der Waals surface area contributed by atoms with E-state index in [0.717, 1.165) is 29.0 Å². The molecule has 0 fully saturated rings. The lowest BCUT2D eigenvalue weighted by atomic mass is 10.2. The lowest BCUT2D eigenvalue weighted by Crippen LogP contribution is -2.41. The zero-order chi connectivity index (χ0) is 18.2. The summed E-state index contributed by atoms with van der Waals surface area (Å²) in [7, 11) is 0. The average molecular weight is 361 g/mol. The Labute approximate surface area is 154 Å². The summed E-state index contributed by atoms with van der Waals surface area (Å²) in [5, 5.41) is 7.63. The van der Waals surface area contributed by atoms with Crippen LogP contribution in [0.2, 0.25) is 0 Å². The van der Waals surface area contributed by atoms with E-state index in [1.165, 1.54) is 10.4 Å². The molecule has 0 aliphatic carbocycles. The van der Waals surface area contributed by atoms with Gasteiger partial charge in [-0.25, -0.2) is 9.98 Å². The molecule has 0 saturated carbocycles. The summed E-state index contributed by atoms with van der Waals surface area (Å²) in [6, 6.07) is 8.11. The smallest absolute Gasteiger partial charge is 0.191 e. The van der Waals surface area contributed by atoms with Gasteiger partial charge in [0.15, 0.2) is 5.96 Å². The quantitative estimate of drug-likeness (QED) is 0.585. The van der Waals surface area contributed by atoms with Gasteiger partial charge in [0.25, 0.3) is 0 Å². The van der Waals surface area contributed by atoms with Crippen molar-refractivity contribution >= 4 is 17.3 Å². The Hall–Kier alpha value is -2.08. The van der Waals surface area contributed by atoms with Crippen LogP contribution >= 0.6 is 11.3 Å². The van der Waals surface area contributed by atoms with Crippen molar-refractivity contribution in [2.24, 2.45) is 4.99 Å². The topological polar surface area (TPSA) is 58.5 Å².